The first-order valence-corrected chi connectivity index (χ1v) is 8.65. The van der Waals surface area contributed by atoms with Crippen molar-refractivity contribution >= 4 is 15.8 Å². The maximum atomic E-state index is 12.2. The van der Waals surface area contributed by atoms with E-state index in [-0.39, 0.29) is 10.8 Å². The molecule has 0 unspecified atom stereocenters. The molecule has 20 heavy (non-hydrogen) atoms. The van der Waals surface area contributed by atoms with Gasteiger partial charge in [0.2, 0.25) is 0 Å². The van der Waals surface area contributed by atoms with Gasteiger partial charge in [0.05, 0.1) is 6.33 Å². The largest absolute Gasteiger partial charge is 0.381 e. The number of aromatic nitrogens is 2. The Balaban J connectivity index is 1.87. The van der Waals surface area contributed by atoms with Gasteiger partial charge >= 0.3 is 0 Å². The molecule has 0 atom stereocenters. The smallest absolute Gasteiger partial charge is 0.260 e. The van der Waals surface area contributed by atoms with Crippen LogP contribution < -0.4 is 10.5 Å². The number of nitrogens with two attached hydrogens (primary N) is 1. The summed E-state index contributed by atoms with van der Waals surface area (Å²) in [5, 5.41) is 0.0507. The van der Waals surface area contributed by atoms with Crippen LogP contribution >= 0.6 is 0 Å². The number of nitrogens with zero attached hydrogens (tertiary/aromatic N) is 2. The van der Waals surface area contributed by atoms with E-state index in [9.17, 15) is 8.42 Å². The average molecular weight is 300 g/mol. The summed E-state index contributed by atoms with van der Waals surface area (Å²) in [6.45, 7) is 2.75. The van der Waals surface area contributed by atoms with Crippen LogP contribution in [0.2, 0.25) is 0 Å². The standard InChI is InChI=1S/C13H24N4O2S/c1-10-3-5-11(6-4-10)7-8-16-20(18,19)13-12(14)15-9-17(13)2/h9-11,16H,3-8,14H2,1-2H3. The number of rotatable bonds is 5. The van der Waals surface area contributed by atoms with Gasteiger partial charge in [0, 0.05) is 13.6 Å². The second kappa shape index (κ2) is 6.13. The van der Waals surface area contributed by atoms with E-state index < -0.39 is 10.0 Å². The summed E-state index contributed by atoms with van der Waals surface area (Å²) in [6.07, 6.45) is 7.22. The first-order chi connectivity index (χ1) is 9.40. The fourth-order valence-corrected chi connectivity index (χ4v) is 4.13. The van der Waals surface area contributed by atoms with E-state index in [1.165, 1.54) is 36.6 Å². The van der Waals surface area contributed by atoms with Gasteiger partial charge in [0.1, 0.15) is 0 Å². The lowest BCUT2D eigenvalue weighted by Gasteiger charge is -2.26. The fourth-order valence-electron chi connectivity index (χ4n) is 2.85. The van der Waals surface area contributed by atoms with Gasteiger partial charge < -0.3 is 10.3 Å². The molecule has 1 aromatic heterocycles. The zero-order valence-corrected chi connectivity index (χ0v) is 13.0. The number of aryl methyl sites for hydroxylation is 1. The molecule has 7 heteroatoms. The van der Waals surface area contributed by atoms with Crippen molar-refractivity contribution in [1.29, 1.82) is 0 Å². The highest BCUT2D eigenvalue weighted by Gasteiger charge is 2.23. The lowest BCUT2D eigenvalue weighted by molar-refractivity contribution is 0.278. The minimum atomic E-state index is -3.56. The maximum absolute atomic E-state index is 12.2. The summed E-state index contributed by atoms with van der Waals surface area (Å²) in [5.41, 5.74) is 5.61. The van der Waals surface area contributed by atoms with Crippen molar-refractivity contribution in [2.45, 2.75) is 44.1 Å². The normalized spacial score (nSPS) is 23.9. The molecule has 0 bridgehead atoms. The topological polar surface area (TPSA) is 90.0 Å². The molecular formula is C13H24N4O2S. The zero-order valence-electron chi connectivity index (χ0n) is 12.2. The van der Waals surface area contributed by atoms with Crippen LogP contribution in [0.4, 0.5) is 5.82 Å². The van der Waals surface area contributed by atoms with Gasteiger partial charge in [-0.15, -0.1) is 0 Å². The Labute approximate surface area is 120 Å². The van der Waals surface area contributed by atoms with E-state index in [4.69, 9.17) is 5.73 Å². The molecule has 1 aromatic rings. The third kappa shape index (κ3) is 3.52. The van der Waals surface area contributed by atoms with E-state index in [1.54, 1.807) is 7.05 Å². The highest BCUT2D eigenvalue weighted by atomic mass is 32.2. The second-order valence-electron chi connectivity index (χ2n) is 5.86. The SMILES string of the molecule is CC1CCC(CCNS(=O)(=O)c2c(N)ncn2C)CC1. The first kappa shape index (κ1) is 15.3. The number of imidazole rings is 1. The lowest BCUT2D eigenvalue weighted by Crippen LogP contribution is -2.29. The molecule has 1 aliphatic carbocycles. The molecule has 0 spiro atoms. The second-order valence-corrected chi connectivity index (χ2v) is 7.54. The Kier molecular flexibility index (Phi) is 4.70. The van der Waals surface area contributed by atoms with Gasteiger partial charge in [0.25, 0.3) is 10.0 Å². The van der Waals surface area contributed by atoms with E-state index >= 15 is 0 Å². The molecule has 0 aromatic carbocycles. The van der Waals surface area contributed by atoms with Crippen LogP contribution in [0.1, 0.15) is 39.0 Å². The van der Waals surface area contributed by atoms with Crippen molar-refractivity contribution in [3.63, 3.8) is 0 Å². The lowest BCUT2D eigenvalue weighted by atomic mass is 9.81. The van der Waals surface area contributed by atoms with Crippen molar-refractivity contribution in [3.05, 3.63) is 6.33 Å². The third-order valence-electron chi connectivity index (χ3n) is 4.14. The van der Waals surface area contributed by atoms with Gasteiger partial charge in [-0.05, 0) is 18.3 Å². The maximum Gasteiger partial charge on any atom is 0.260 e. The van der Waals surface area contributed by atoms with Crippen molar-refractivity contribution in [2.75, 3.05) is 12.3 Å². The summed E-state index contributed by atoms with van der Waals surface area (Å²) in [5.74, 6) is 1.50. The summed E-state index contributed by atoms with van der Waals surface area (Å²) < 4.78 is 28.4. The summed E-state index contributed by atoms with van der Waals surface area (Å²) in [6, 6.07) is 0. The predicted octanol–water partition coefficient (Wildman–Crippen LogP) is 1.50. The van der Waals surface area contributed by atoms with Crippen molar-refractivity contribution in [1.82, 2.24) is 14.3 Å². The molecule has 0 amide bonds. The Bertz CT molecular complexity index is 525. The molecule has 1 fully saturated rings. The Morgan fingerprint density at radius 2 is 2.05 bits per heavy atom. The summed E-state index contributed by atoms with van der Waals surface area (Å²) in [4.78, 5) is 3.81. The zero-order chi connectivity index (χ0) is 14.8. The quantitative estimate of drug-likeness (QED) is 0.862. The van der Waals surface area contributed by atoms with Crippen LogP contribution in [0, 0.1) is 11.8 Å². The molecule has 2 rings (SSSR count). The highest BCUT2D eigenvalue weighted by Crippen LogP contribution is 2.30. The van der Waals surface area contributed by atoms with Crippen LogP contribution in [-0.4, -0.2) is 24.5 Å². The summed E-state index contributed by atoms with van der Waals surface area (Å²) in [7, 11) is -1.94. The molecule has 1 saturated carbocycles. The molecule has 114 valence electrons. The van der Waals surface area contributed by atoms with Crippen LogP contribution in [0.25, 0.3) is 0 Å². The number of hydrogen-bond acceptors (Lipinski definition) is 4. The molecule has 1 aliphatic rings. The van der Waals surface area contributed by atoms with E-state index in [1.807, 2.05) is 0 Å². The number of sulfonamides is 1. The third-order valence-corrected chi connectivity index (χ3v) is 5.73. The van der Waals surface area contributed by atoms with Crippen LogP contribution in [0.15, 0.2) is 11.4 Å². The van der Waals surface area contributed by atoms with Gasteiger partial charge in [-0.3, -0.25) is 0 Å². The molecular weight excluding hydrogens is 276 g/mol. The van der Waals surface area contributed by atoms with Crippen molar-refractivity contribution < 1.29 is 8.42 Å². The Hall–Kier alpha value is -1.08. The number of hydrogen-bond donors (Lipinski definition) is 2. The van der Waals surface area contributed by atoms with E-state index in [2.05, 4.69) is 16.6 Å². The van der Waals surface area contributed by atoms with Gasteiger partial charge in [-0.1, -0.05) is 32.6 Å². The van der Waals surface area contributed by atoms with Gasteiger partial charge in [-0.25, -0.2) is 18.1 Å². The predicted molar refractivity (Wildman–Crippen MR) is 78.5 cm³/mol. The van der Waals surface area contributed by atoms with Crippen molar-refractivity contribution in [3.8, 4) is 0 Å². The molecule has 1 heterocycles. The van der Waals surface area contributed by atoms with E-state index in [0.29, 0.717) is 12.5 Å². The minimum absolute atomic E-state index is 0.0477. The molecule has 0 saturated heterocycles. The fraction of sp³-hybridized carbons (Fsp3) is 0.769. The Morgan fingerprint density at radius 3 is 2.60 bits per heavy atom. The van der Waals surface area contributed by atoms with Gasteiger partial charge in [-0.2, -0.15) is 0 Å². The van der Waals surface area contributed by atoms with Crippen LogP contribution in [-0.2, 0) is 17.1 Å². The van der Waals surface area contributed by atoms with Crippen molar-refractivity contribution in [2.24, 2.45) is 18.9 Å². The molecule has 0 aliphatic heterocycles. The summed E-state index contributed by atoms with van der Waals surface area (Å²) >= 11 is 0. The monoisotopic (exact) mass is 300 g/mol. The molecule has 3 N–H and O–H groups in total. The minimum Gasteiger partial charge on any atom is -0.381 e. The van der Waals surface area contributed by atoms with Gasteiger partial charge in [0.15, 0.2) is 10.8 Å². The number of nitrogen functional groups attached to an aromatic ring is 1. The first-order valence-electron chi connectivity index (χ1n) is 7.16. The molecule has 6 nitrogen and oxygen atoms in total. The highest BCUT2D eigenvalue weighted by molar-refractivity contribution is 7.89. The van der Waals surface area contributed by atoms with Crippen LogP contribution in [0.5, 0.6) is 0 Å². The van der Waals surface area contributed by atoms with E-state index in [0.717, 1.165) is 12.3 Å². The van der Waals surface area contributed by atoms with Crippen LogP contribution in [0.3, 0.4) is 0 Å². The molecule has 0 radical (unpaired) electrons. The number of anilines is 1. The average Bonchev–Trinajstić information content (AvgIpc) is 2.72. The number of nitrogens with one attached hydrogen (secondary N) is 1. The Morgan fingerprint density at radius 1 is 1.40 bits per heavy atom.